The zero-order valence-corrected chi connectivity index (χ0v) is 11.4. The van der Waals surface area contributed by atoms with Gasteiger partial charge in [0.1, 0.15) is 0 Å². The van der Waals surface area contributed by atoms with Crippen molar-refractivity contribution in [2.45, 2.75) is 0 Å². The average molecular weight is 287 g/mol. The van der Waals surface area contributed by atoms with Gasteiger partial charge in [-0.1, -0.05) is 0 Å². The molecule has 1 aromatic rings. The number of halogens is 2. The molecule has 0 aliphatic heterocycles. The Morgan fingerprint density at radius 3 is 2.55 bits per heavy atom. The van der Waals surface area contributed by atoms with E-state index in [0.29, 0.717) is 0 Å². The molecule has 1 nitrogen and oxygen atoms in total. The molecule has 0 spiro atoms. The minimum Gasteiger partial charge on any atom is -1.00 e. The molecule has 0 aromatic heterocycles. The van der Waals surface area contributed by atoms with E-state index < -0.39 is 0 Å². The van der Waals surface area contributed by atoms with Crippen LogP contribution in [-0.4, -0.2) is 7.11 Å². The molecule has 11 heavy (non-hydrogen) atoms. The normalized spacial score (nSPS) is 8.73. The SMILES string of the molecule is COc1cc(Cl)cc[c]1[Zn+].[Br-]. The third-order valence-electron chi connectivity index (χ3n) is 1.25. The molecule has 0 aliphatic carbocycles. The first-order chi connectivity index (χ1) is 4.74. The fourth-order valence-electron chi connectivity index (χ4n) is 0.718. The number of hydrogen-bond acceptors (Lipinski definition) is 1. The maximum Gasteiger partial charge on any atom is -1.00 e. The molecule has 0 unspecified atom stereocenters. The Morgan fingerprint density at radius 2 is 2.09 bits per heavy atom. The molecule has 0 heterocycles. The summed E-state index contributed by atoms with van der Waals surface area (Å²) in [5, 5.41) is 0.731. The zero-order valence-electron chi connectivity index (χ0n) is 6.10. The second-order valence-corrected chi connectivity index (χ2v) is 3.99. The van der Waals surface area contributed by atoms with Crippen molar-refractivity contribution in [2.75, 3.05) is 7.11 Å². The summed E-state index contributed by atoms with van der Waals surface area (Å²) < 4.78 is 6.30. The minimum atomic E-state index is 0. The number of benzene rings is 1. The molecule has 0 bridgehead atoms. The van der Waals surface area contributed by atoms with Gasteiger partial charge in [0.2, 0.25) is 0 Å². The van der Waals surface area contributed by atoms with Crippen molar-refractivity contribution in [2.24, 2.45) is 0 Å². The Labute approximate surface area is 91.5 Å². The van der Waals surface area contributed by atoms with Crippen molar-refractivity contribution < 1.29 is 40.0 Å². The van der Waals surface area contributed by atoms with E-state index in [-0.39, 0.29) is 17.0 Å². The largest absolute Gasteiger partial charge is 1.00 e. The van der Waals surface area contributed by atoms with E-state index in [1.54, 1.807) is 7.11 Å². The molecule has 0 N–H and O–H groups in total. The molecule has 1 aromatic carbocycles. The van der Waals surface area contributed by atoms with Gasteiger partial charge in [0, 0.05) is 0 Å². The van der Waals surface area contributed by atoms with E-state index in [1.807, 2.05) is 18.2 Å². The second kappa shape index (κ2) is 5.13. The molecule has 4 heteroatoms. The maximum atomic E-state index is 5.73. The van der Waals surface area contributed by atoms with Gasteiger partial charge in [-0.3, -0.25) is 0 Å². The summed E-state index contributed by atoms with van der Waals surface area (Å²) in [6.07, 6.45) is 0. The third-order valence-corrected chi connectivity index (χ3v) is 2.71. The molecule has 0 radical (unpaired) electrons. The van der Waals surface area contributed by atoms with Crippen LogP contribution < -0.4 is 25.9 Å². The van der Waals surface area contributed by atoms with Crippen LogP contribution in [0.4, 0.5) is 0 Å². The van der Waals surface area contributed by atoms with Crippen molar-refractivity contribution in [3.63, 3.8) is 0 Å². The fourth-order valence-corrected chi connectivity index (χ4v) is 1.64. The van der Waals surface area contributed by atoms with Crippen LogP contribution in [0.15, 0.2) is 18.2 Å². The van der Waals surface area contributed by atoms with Crippen molar-refractivity contribution in [1.29, 1.82) is 0 Å². The van der Waals surface area contributed by atoms with Crippen LogP contribution in [0.5, 0.6) is 5.75 Å². The van der Waals surface area contributed by atoms with Gasteiger partial charge in [-0.05, 0) is 0 Å². The Balaban J connectivity index is 0.000001000. The van der Waals surface area contributed by atoms with Gasteiger partial charge in [0.05, 0.1) is 0 Å². The van der Waals surface area contributed by atoms with Gasteiger partial charge in [-0.25, -0.2) is 0 Å². The minimum absolute atomic E-state index is 0. The zero-order chi connectivity index (χ0) is 7.56. The first kappa shape index (κ1) is 11.4. The average Bonchev–Trinajstić information content (AvgIpc) is 1.94. The number of ether oxygens (including phenoxy) is 1. The molecule has 1 rings (SSSR count). The molecule has 0 atom stereocenters. The van der Waals surface area contributed by atoms with Gasteiger partial charge < -0.3 is 17.0 Å². The van der Waals surface area contributed by atoms with Crippen LogP contribution in [0, 0.1) is 0 Å². The Morgan fingerprint density at radius 1 is 1.45 bits per heavy atom. The number of hydrogen-bond donors (Lipinski definition) is 0. The van der Waals surface area contributed by atoms with Crippen LogP contribution in [0.2, 0.25) is 5.02 Å². The molecular weight excluding hydrogens is 281 g/mol. The first-order valence-corrected chi connectivity index (χ1v) is 4.75. The number of methoxy groups -OCH3 is 1. The van der Waals surface area contributed by atoms with Crippen LogP contribution in [0.1, 0.15) is 0 Å². The molecule has 56 valence electrons. The Hall–Kier alpha value is 0.413. The molecular formula is C7H6BrClOZn. The van der Waals surface area contributed by atoms with E-state index >= 15 is 0 Å². The quantitative estimate of drug-likeness (QED) is 0.573. The number of rotatable bonds is 1. The Bertz CT molecular complexity index is 242. The monoisotopic (exact) mass is 284 g/mol. The van der Waals surface area contributed by atoms with Crippen LogP contribution in [-0.2, 0) is 18.3 Å². The van der Waals surface area contributed by atoms with Crippen LogP contribution >= 0.6 is 11.6 Å². The summed E-state index contributed by atoms with van der Waals surface area (Å²) >= 11 is 6.83. The van der Waals surface area contributed by atoms with Gasteiger partial charge in [0.15, 0.2) is 0 Å². The summed E-state index contributed by atoms with van der Waals surface area (Å²) in [6.45, 7) is 0. The summed E-state index contributed by atoms with van der Waals surface area (Å²) in [5.74, 6) is 0.896. The van der Waals surface area contributed by atoms with Crippen LogP contribution in [0.3, 0.4) is 0 Å². The fraction of sp³-hybridized carbons (Fsp3) is 0.143. The standard InChI is InChI=1S/C7H6ClO.BrH.Zn/c1-9-7-4-2-3-6(8)5-7;;/h2-3,5H,1H3;1H;/q;;+1/p-1. The van der Waals surface area contributed by atoms with Crippen molar-refractivity contribution in [3.8, 4) is 5.75 Å². The summed E-state index contributed by atoms with van der Waals surface area (Å²) in [7, 11) is 1.66. The predicted molar refractivity (Wildman–Crippen MR) is 37.6 cm³/mol. The van der Waals surface area contributed by atoms with Gasteiger partial charge in [-0.2, -0.15) is 0 Å². The second-order valence-electron chi connectivity index (χ2n) is 1.96. The van der Waals surface area contributed by atoms with Crippen molar-refractivity contribution >= 4 is 15.8 Å². The van der Waals surface area contributed by atoms with E-state index in [4.69, 9.17) is 16.3 Å². The van der Waals surface area contributed by atoms with Gasteiger partial charge in [0.25, 0.3) is 0 Å². The molecule has 0 saturated carbocycles. The molecule has 0 aliphatic rings. The molecule has 0 saturated heterocycles. The maximum absolute atomic E-state index is 5.73. The summed E-state index contributed by atoms with van der Waals surface area (Å²) in [6, 6.07) is 5.70. The van der Waals surface area contributed by atoms with Crippen molar-refractivity contribution in [1.82, 2.24) is 0 Å². The topological polar surface area (TPSA) is 9.23 Å². The van der Waals surface area contributed by atoms with Gasteiger partial charge in [-0.15, -0.1) is 0 Å². The predicted octanol–water partition coefficient (Wildman–Crippen LogP) is -1.48. The van der Waals surface area contributed by atoms with E-state index in [1.165, 1.54) is 4.16 Å². The van der Waals surface area contributed by atoms with Gasteiger partial charge >= 0.3 is 74.9 Å². The van der Waals surface area contributed by atoms with Crippen molar-refractivity contribution in [3.05, 3.63) is 23.2 Å². The Kier molecular flexibility index (Phi) is 5.32. The van der Waals surface area contributed by atoms with Crippen LogP contribution in [0.25, 0.3) is 0 Å². The molecule has 0 fully saturated rings. The smallest absolute Gasteiger partial charge is 1.00 e. The summed E-state index contributed by atoms with van der Waals surface area (Å²) in [5.41, 5.74) is 0. The first-order valence-electron chi connectivity index (χ1n) is 2.89. The van der Waals surface area contributed by atoms with E-state index in [2.05, 4.69) is 0 Å². The third kappa shape index (κ3) is 3.10. The molecule has 0 amide bonds. The van der Waals surface area contributed by atoms with E-state index in [0.717, 1.165) is 29.1 Å². The summed E-state index contributed by atoms with van der Waals surface area (Å²) in [4.78, 5) is 0. The van der Waals surface area contributed by atoms with E-state index in [9.17, 15) is 0 Å².